The van der Waals surface area contributed by atoms with Crippen molar-refractivity contribution in [3.63, 3.8) is 0 Å². The van der Waals surface area contributed by atoms with E-state index >= 15 is 0 Å². The van der Waals surface area contributed by atoms with Gasteiger partial charge in [-0.25, -0.2) is 4.79 Å². The van der Waals surface area contributed by atoms with Crippen LogP contribution in [0.2, 0.25) is 0 Å². The van der Waals surface area contributed by atoms with Crippen LogP contribution in [0.1, 0.15) is 0 Å². The Morgan fingerprint density at radius 2 is 1.65 bits per heavy atom. The summed E-state index contributed by atoms with van der Waals surface area (Å²) < 4.78 is 5.04. The molecule has 1 aliphatic rings. The number of morpholine rings is 1. The summed E-state index contributed by atoms with van der Waals surface area (Å²) >= 11 is 0. The summed E-state index contributed by atoms with van der Waals surface area (Å²) in [5.41, 5.74) is 0. The maximum atomic E-state index is 9.74. The highest BCUT2D eigenvalue weighted by Gasteiger charge is 2.23. The Kier molecular flexibility index (Phi) is 10.6. The van der Waals surface area contributed by atoms with Crippen molar-refractivity contribution in [3.8, 4) is 0 Å². The Morgan fingerprint density at radius 1 is 1.18 bits per heavy atom. The number of aliphatic hydroxyl groups excluding tert-OH is 2. The first-order valence-corrected chi connectivity index (χ1v) is 4.66. The van der Waals surface area contributed by atoms with E-state index in [2.05, 4.69) is 5.32 Å². The van der Waals surface area contributed by atoms with E-state index in [9.17, 15) is 14.7 Å². The molecule has 9 nitrogen and oxygen atoms in total. The predicted octanol–water partition coefficient (Wildman–Crippen LogP) is -5.70. The van der Waals surface area contributed by atoms with Crippen LogP contribution in [0.3, 0.4) is 0 Å². The number of carboxylic acid groups (broad SMARTS) is 2. The highest BCUT2D eigenvalue weighted by molar-refractivity contribution is 5.81. The highest BCUT2D eigenvalue weighted by Crippen LogP contribution is 1.90. The van der Waals surface area contributed by atoms with E-state index in [0.717, 1.165) is 26.3 Å². The van der Waals surface area contributed by atoms with Gasteiger partial charge in [0.15, 0.2) is 6.10 Å². The molecule has 0 aromatic carbocycles. The molecule has 0 unspecified atom stereocenters. The van der Waals surface area contributed by atoms with Gasteiger partial charge in [-0.1, -0.05) is 0 Å². The van der Waals surface area contributed by atoms with Gasteiger partial charge in [-0.05, 0) is 0 Å². The molecule has 1 heterocycles. The third-order valence-electron chi connectivity index (χ3n) is 1.73. The van der Waals surface area contributed by atoms with Crippen molar-refractivity contribution in [1.82, 2.24) is 0 Å². The van der Waals surface area contributed by atoms with Crippen LogP contribution in [-0.4, -0.2) is 71.2 Å². The number of hydrogen-bond donors (Lipinski definition) is 4. The summed E-state index contributed by atoms with van der Waals surface area (Å²) in [6, 6.07) is 0. The first kappa shape index (κ1) is 18.1. The average Bonchev–Trinajstić information content (AvgIpc) is 2.30. The molecular formula is C8H17NO8. The zero-order valence-electron chi connectivity index (χ0n) is 9.04. The number of carboxylic acids is 2. The minimum Gasteiger partial charge on any atom is -0.547 e. The number of hydrogen-bond acceptors (Lipinski definition) is 6. The Balaban J connectivity index is 0. The second-order valence-corrected chi connectivity index (χ2v) is 3.03. The van der Waals surface area contributed by atoms with Gasteiger partial charge in [0.1, 0.15) is 6.10 Å². The summed E-state index contributed by atoms with van der Waals surface area (Å²) in [7, 11) is 0. The van der Waals surface area contributed by atoms with Crippen molar-refractivity contribution in [2.75, 3.05) is 26.3 Å². The molecule has 2 atom stereocenters. The second kappa shape index (κ2) is 9.93. The quantitative estimate of drug-likeness (QED) is 0.388. The van der Waals surface area contributed by atoms with Crippen molar-refractivity contribution >= 4 is 11.9 Å². The lowest BCUT2D eigenvalue weighted by Crippen LogP contribution is -2.87. The summed E-state index contributed by atoms with van der Waals surface area (Å²) in [5, 5.41) is 36.4. The molecule has 1 aliphatic heterocycles. The number of aliphatic carboxylic acids is 2. The molecule has 0 aromatic heterocycles. The summed E-state index contributed by atoms with van der Waals surface area (Å²) in [5.74, 6) is -3.83. The number of nitrogens with two attached hydrogens (primary N) is 1. The average molecular weight is 255 g/mol. The van der Waals surface area contributed by atoms with Gasteiger partial charge in [-0.2, -0.15) is 0 Å². The molecule has 0 saturated carbocycles. The zero-order chi connectivity index (χ0) is 12.6. The topological polar surface area (TPSA) is 175 Å². The number of carbonyl (C=O) groups is 2. The smallest absolute Gasteiger partial charge is 0.335 e. The zero-order valence-corrected chi connectivity index (χ0v) is 9.04. The summed E-state index contributed by atoms with van der Waals surface area (Å²) in [6.07, 6.45) is -4.71. The standard InChI is InChI=1S/C4H9NO.C4H6O6.H2O/c1-3-6-4-2-5-1;5-1(3(7)8)2(6)4(9)10;/h5H,1-4H2;1-2,5-6H,(H,7,8)(H,9,10);1H2/t;1-,2-;/m.1./s1. The Hall–Kier alpha value is -1.26. The molecule has 1 rings (SSSR count). The van der Waals surface area contributed by atoms with E-state index in [1.54, 1.807) is 0 Å². The van der Waals surface area contributed by atoms with E-state index in [-0.39, 0.29) is 5.48 Å². The maximum Gasteiger partial charge on any atom is 0.335 e. The number of aliphatic hydroxyl groups is 2. The second-order valence-electron chi connectivity index (χ2n) is 3.03. The van der Waals surface area contributed by atoms with E-state index in [1.807, 2.05) is 0 Å². The molecular weight excluding hydrogens is 238 g/mol. The molecule has 0 aromatic rings. The van der Waals surface area contributed by atoms with Crippen LogP contribution >= 0.6 is 0 Å². The molecule has 1 saturated heterocycles. The fourth-order valence-electron chi connectivity index (χ4n) is 0.844. The largest absolute Gasteiger partial charge is 0.547 e. The van der Waals surface area contributed by atoms with Gasteiger partial charge >= 0.3 is 5.97 Å². The van der Waals surface area contributed by atoms with Crippen LogP contribution in [0.4, 0.5) is 0 Å². The van der Waals surface area contributed by atoms with Crippen LogP contribution in [0.25, 0.3) is 0 Å². The van der Waals surface area contributed by atoms with Gasteiger partial charge in [0.25, 0.3) is 0 Å². The van der Waals surface area contributed by atoms with Gasteiger partial charge in [-0.3, -0.25) is 0 Å². The van der Waals surface area contributed by atoms with E-state index < -0.39 is 24.1 Å². The Labute approximate surface area is 96.9 Å². The summed E-state index contributed by atoms with van der Waals surface area (Å²) in [4.78, 5) is 19.4. The third kappa shape index (κ3) is 8.54. The van der Waals surface area contributed by atoms with E-state index in [4.69, 9.17) is 20.1 Å². The van der Waals surface area contributed by atoms with Crippen molar-refractivity contribution in [2.45, 2.75) is 12.2 Å². The lowest BCUT2D eigenvalue weighted by molar-refractivity contribution is -0.670. The number of quaternary nitrogens is 1. The molecule has 17 heavy (non-hydrogen) atoms. The molecule has 0 amide bonds. The van der Waals surface area contributed by atoms with Gasteiger partial charge < -0.3 is 40.8 Å². The van der Waals surface area contributed by atoms with Crippen LogP contribution in [-0.2, 0) is 14.3 Å². The number of carbonyl (C=O) groups excluding carboxylic acids is 1. The van der Waals surface area contributed by atoms with Crippen molar-refractivity contribution in [1.29, 1.82) is 0 Å². The van der Waals surface area contributed by atoms with E-state index in [0.29, 0.717) is 0 Å². The maximum absolute atomic E-state index is 9.74. The fraction of sp³-hybridized carbons (Fsp3) is 0.750. The van der Waals surface area contributed by atoms with Crippen LogP contribution in [0, 0.1) is 0 Å². The number of rotatable bonds is 3. The lowest BCUT2D eigenvalue weighted by Gasteiger charge is -2.13. The van der Waals surface area contributed by atoms with E-state index in [1.165, 1.54) is 0 Å². The van der Waals surface area contributed by atoms with Crippen LogP contribution < -0.4 is 10.4 Å². The third-order valence-corrected chi connectivity index (χ3v) is 1.73. The lowest BCUT2D eigenvalue weighted by atomic mass is 10.2. The molecule has 0 radical (unpaired) electrons. The molecule has 7 N–H and O–H groups in total. The van der Waals surface area contributed by atoms with Gasteiger partial charge in [0, 0.05) is 0 Å². The molecule has 0 aliphatic carbocycles. The van der Waals surface area contributed by atoms with Crippen molar-refractivity contribution in [2.24, 2.45) is 0 Å². The molecule has 0 bridgehead atoms. The Morgan fingerprint density at radius 3 is 1.76 bits per heavy atom. The minimum atomic E-state index is -2.38. The molecule has 1 fully saturated rings. The van der Waals surface area contributed by atoms with Crippen LogP contribution in [0.15, 0.2) is 0 Å². The monoisotopic (exact) mass is 255 g/mol. The van der Waals surface area contributed by atoms with Gasteiger partial charge in [-0.15, -0.1) is 0 Å². The Bertz CT molecular complexity index is 200. The SMILES string of the molecule is C1COCC[NH2+]1.O.O=C([O-])[C@H](O)[C@@H](O)C(=O)O. The summed E-state index contributed by atoms with van der Waals surface area (Å²) in [6.45, 7) is 4.19. The minimum absolute atomic E-state index is 0. The normalized spacial score (nSPS) is 17.8. The molecule has 9 heteroatoms. The fourth-order valence-corrected chi connectivity index (χ4v) is 0.844. The number of ether oxygens (including phenoxy) is 1. The van der Waals surface area contributed by atoms with Gasteiger partial charge in [0.2, 0.25) is 0 Å². The first-order chi connectivity index (χ1) is 7.46. The first-order valence-electron chi connectivity index (χ1n) is 4.66. The van der Waals surface area contributed by atoms with Gasteiger partial charge in [0.05, 0.1) is 32.3 Å². The predicted molar refractivity (Wildman–Crippen MR) is 50.7 cm³/mol. The highest BCUT2D eigenvalue weighted by atomic mass is 16.5. The van der Waals surface area contributed by atoms with Crippen LogP contribution in [0.5, 0.6) is 0 Å². The van der Waals surface area contributed by atoms with Crippen molar-refractivity contribution in [3.05, 3.63) is 0 Å². The van der Waals surface area contributed by atoms with Crippen molar-refractivity contribution < 1.29 is 45.5 Å². The molecule has 102 valence electrons. The molecule has 0 spiro atoms.